The maximum atomic E-state index is 13.4. The SMILES string of the molecule is Cc1nc(C)c(Cc2ccccc2Cl)c(N2CCN(C(=O)Nc3c(C(C)C)cccc3C(C)C)CC2)n1. The average molecular weight is 520 g/mol. The van der Waals surface area contributed by atoms with Gasteiger partial charge >= 0.3 is 6.03 Å². The van der Waals surface area contributed by atoms with E-state index in [-0.39, 0.29) is 6.03 Å². The number of para-hydroxylation sites is 1. The minimum absolute atomic E-state index is 0.0408. The zero-order valence-corrected chi connectivity index (χ0v) is 23.6. The molecule has 0 aliphatic carbocycles. The number of hydrogen-bond donors (Lipinski definition) is 1. The van der Waals surface area contributed by atoms with Crippen LogP contribution in [0.1, 0.15) is 73.3 Å². The van der Waals surface area contributed by atoms with Gasteiger partial charge in [-0.05, 0) is 48.4 Å². The van der Waals surface area contributed by atoms with Crippen molar-refractivity contribution in [3.63, 3.8) is 0 Å². The van der Waals surface area contributed by atoms with Gasteiger partial charge in [-0.1, -0.05) is 75.7 Å². The zero-order chi connectivity index (χ0) is 26.7. The maximum absolute atomic E-state index is 13.4. The highest BCUT2D eigenvalue weighted by molar-refractivity contribution is 6.31. The Morgan fingerprint density at radius 1 is 0.919 bits per heavy atom. The van der Waals surface area contributed by atoms with Crippen LogP contribution in [0.3, 0.4) is 0 Å². The summed E-state index contributed by atoms with van der Waals surface area (Å²) in [4.78, 5) is 27.0. The molecule has 1 N–H and O–H groups in total. The van der Waals surface area contributed by atoms with Crippen molar-refractivity contribution in [1.82, 2.24) is 14.9 Å². The lowest BCUT2D eigenvalue weighted by Gasteiger charge is -2.37. The van der Waals surface area contributed by atoms with Crippen molar-refractivity contribution >= 4 is 29.1 Å². The molecule has 6 nitrogen and oxygen atoms in total. The molecule has 4 rings (SSSR count). The van der Waals surface area contributed by atoms with Gasteiger partial charge in [-0.3, -0.25) is 0 Å². The number of nitrogens with zero attached hydrogens (tertiary/aromatic N) is 4. The lowest BCUT2D eigenvalue weighted by atomic mass is 9.93. The molecule has 1 aliphatic heterocycles. The third-order valence-corrected chi connectivity index (χ3v) is 7.47. The predicted molar refractivity (Wildman–Crippen MR) is 153 cm³/mol. The van der Waals surface area contributed by atoms with Crippen LogP contribution in [0.15, 0.2) is 42.5 Å². The quantitative estimate of drug-likeness (QED) is 0.383. The van der Waals surface area contributed by atoms with E-state index in [9.17, 15) is 4.79 Å². The van der Waals surface area contributed by atoms with Crippen molar-refractivity contribution in [3.05, 3.63) is 81.3 Å². The van der Waals surface area contributed by atoms with Gasteiger partial charge in [0, 0.05) is 54.6 Å². The van der Waals surface area contributed by atoms with Crippen LogP contribution in [0.2, 0.25) is 5.02 Å². The molecule has 0 atom stereocenters. The Balaban J connectivity index is 1.51. The summed E-state index contributed by atoms with van der Waals surface area (Å²) < 4.78 is 0. The number of anilines is 2. The molecule has 37 heavy (non-hydrogen) atoms. The van der Waals surface area contributed by atoms with Gasteiger partial charge in [0.15, 0.2) is 0 Å². The third kappa shape index (κ3) is 6.07. The van der Waals surface area contributed by atoms with E-state index in [0.717, 1.165) is 39.2 Å². The highest BCUT2D eigenvalue weighted by atomic mass is 35.5. The molecule has 1 saturated heterocycles. The maximum Gasteiger partial charge on any atom is 0.321 e. The van der Waals surface area contributed by atoms with Crippen LogP contribution in [0.5, 0.6) is 0 Å². The third-order valence-electron chi connectivity index (χ3n) is 7.10. The number of aromatic nitrogens is 2. The molecule has 1 aromatic heterocycles. The number of halogens is 1. The van der Waals surface area contributed by atoms with E-state index in [1.165, 1.54) is 11.1 Å². The lowest BCUT2D eigenvalue weighted by molar-refractivity contribution is 0.208. The molecule has 0 radical (unpaired) electrons. The summed E-state index contributed by atoms with van der Waals surface area (Å²) in [5.74, 6) is 2.34. The normalized spacial score (nSPS) is 14.0. The topological polar surface area (TPSA) is 61.4 Å². The fourth-order valence-electron chi connectivity index (χ4n) is 5.02. The number of piperazine rings is 1. The van der Waals surface area contributed by atoms with E-state index >= 15 is 0 Å². The second-order valence-electron chi connectivity index (χ2n) is 10.5. The summed E-state index contributed by atoms with van der Waals surface area (Å²) >= 11 is 6.47. The largest absolute Gasteiger partial charge is 0.353 e. The van der Waals surface area contributed by atoms with Gasteiger partial charge in [0.05, 0.1) is 0 Å². The molecule has 2 amide bonds. The van der Waals surface area contributed by atoms with E-state index < -0.39 is 0 Å². The Bertz CT molecular complexity index is 1240. The van der Waals surface area contributed by atoms with E-state index in [0.29, 0.717) is 44.4 Å². The summed E-state index contributed by atoms with van der Waals surface area (Å²) in [5.41, 5.74) is 6.43. The monoisotopic (exact) mass is 519 g/mol. The highest BCUT2D eigenvalue weighted by Crippen LogP contribution is 2.33. The van der Waals surface area contributed by atoms with Gasteiger partial charge < -0.3 is 15.1 Å². The van der Waals surface area contributed by atoms with Gasteiger partial charge in [0.2, 0.25) is 0 Å². The van der Waals surface area contributed by atoms with Crippen molar-refractivity contribution in [1.29, 1.82) is 0 Å². The molecule has 0 bridgehead atoms. The second kappa shape index (κ2) is 11.5. The van der Waals surface area contributed by atoms with Gasteiger partial charge in [-0.25, -0.2) is 14.8 Å². The molecule has 196 valence electrons. The highest BCUT2D eigenvalue weighted by Gasteiger charge is 2.26. The van der Waals surface area contributed by atoms with Crippen LogP contribution in [0.4, 0.5) is 16.3 Å². The Kier molecular flexibility index (Phi) is 8.38. The Hall–Kier alpha value is -3.12. The molecule has 2 aromatic carbocycles. The number of benzene rings is 2. The first-order chi connectivity index (χ1) is 17.7. The minimum atomic E-state index is -0.0408. The number of aryl methyl sites for hydroxylation is 2. The Morgan fingerprint density at radius 2 is 1.54 bits per heavy atom. The molecule has 0 spiro atoms. The number of carbonyl (C=O) groups is 1. The van der Waals surface area contributed by atoms with Crippen LogP contribution >= 0.6 is 11.6 Å². The summed E-state index contributed by atoms with van der Waals surface area (Å²) in [5, 5.41) is 4.01. The van der Waals surface area contributed by atoms with Crippen molar-refractivity contribution in [3.8, 4) is 0 Å². The summed E-state index contributed by atoms with van der Waals surface area (Å²) in [6.07, 6.45) is 0.672. The molecule has 7 heteroatoms. The number of amides is 2. The number of rotatable bonds is 6. The van der Waals surface area contributed by atoms with Crippen molar-refractivity contribution < 1.29 is 4.79 Å². The summed E-state index contributed by atoms with van der Waals surface area (Å²) in [6.45, 7) is 15.3. The smallest absolute Gasteiger partial charge is 0.321 e. The van der Waals surface area contributed by atoms with Gasteiger partial charge in [0.25, 0.3) is 0 Å². The molecule has 1 fully saturated rings. The van der Waals surface area contributed by atoms with Crippen LogP contribution in [0.25, 0.3) is 0 Å². The van der Waals surface area contributed by atoms with E-state index in [4.69, 9.17) is 16.6 Å². The molecule has 1 aliphatic rings. The predicted octanol–water partition coefficient (Wildman–Crippen LogP) is 6.94. The minimum Gasteiger partial charge on any atom is -0.353 e. The fraction of sp³-hybridized carbons (Fsp3) is 0.433. The van der Waals surface area contributed by atoms with Crippen molar-refractivity contribution in [2.75, 3.05) is 36.4 Å². The molecular formula is C30H38ClN5O. The average Bonchev–Trinajstić information content (AvgIpc) is 2.86. The molecule has 3 aromatic rings. The molecule has 0 unspecified atom stereocenters. The van der Waals surface area contributed by atoms with Gasteiger partial charge in [-0.2, -0.15) is 0 Å². The first kappa shape index (κ1) is 26.9. The number of hydrogen-bond acceptors (Lipinski definition) is 4. The van der Waals surface area contributed by atoms with Crippen molar-refractivity contribution in [2.45, 2.75) is 59.8 Å². The first-order valence-corrected chi connectivity index (χ1v) is 13.5. The second-order valence-corrected chi connectivity index (χ2v) is 10.9. The lowest BCUT2D eigenvalue weighted by Crippen LogP contribution is -2.50. The van der Waals surface area contributed by atoms with Crippen LogP contribution in [0, 0.1) is 13.8 Å². The summed E-state index contributed by atoms with van der Waals surface area (Å²) in [7, 11) is 0. The van der Waals surface area contributed by atoms with Gasteiger partial charge in [-0.15, -0.1) is 0 Å². The number of urea groups is 1. The first-order valence-electron chi connectivity index (χ1n) is 13.2. The molecule has 2 heterocycles. The van der Waals surface area contributed by atoms with Crippen molar-refractivity contribution in [2.24, 2.45) is 0 Å². The Morgan fingerprint density at radius 3 is 2.14 bits per heavy atom. The van der Waals surface area contributed by atoms with Crippen LogP contribution in [-0.4, -0.2) is 47.1 Å². The molecular weight excluding hydrogens is 482 g/mol. The van der Waals surface area contributed by atoms with Gasteiger partial charge in [0.1, 0.15) is 11.6 Å². The summed E-state index contributed by atoms with van der Waals surface area (Å²) in [6, 6.07) is 14.2. The standard InChI is InChI=1S/C30H38ClN5O/c1-19(2)24-11-9-12-25(20(3)4)28(24)34-30(37)36-16-14-35(15-17-36)29-26(21(5)32-22(6)33-29)18-23-10-7-8-13-27(23)31/h7-13,19-20H,14-18H2,1-6H3,(H,34,37). The van der Waals surface area contributed by atoms with E-state index in [1.807, 2.05) is 43.0 Å². The Labute approximate surface area is 226 Å². The van der Waals surface area contributed by atoms with Crippen LogP contribution in [-0.2, 0) is 6.42 Å². The number of nitrogens with one attached hydrogen (secondary N) is 1. The van der Waals surface area contributed by atoms with E-state index in [2.05, 4.69) is 61.1 Å². The van der Waals surface area contributed by atoms with E-state index in [1.54, 1.807) is 0 Å². The molecule has 0 saturated carbocycles. The number of carbonyl (C=O) groups excluding carboxylic acids is 1. The van der Waals surface area contributed by atoms with Crippen LogP contribution < -0.4 is 10.2 Å². The zero-order valence-electron chi connectivity index (χ0n) is 22.8. The fourth-order valence-corrected chi connectivity index (χ4v) is 5.22.